The van der Waals surface area contributed by atoms with Gasteiger partial charge in [0.15, 0.2) is 0 Å². The molecule has 1 heterocycles. The summed E-state index contributed by atoms with van der Waals surface area (Å²) in [5.74, 6) is -0.0896. The lowest BCUT2D eigenvalue weighted by Gasteiger charge is -2.06. The standard InChI is InChI=1S/C13H10BrN3O3/c1-8-4-5-9(7-11(8)17(19)20)13(18)16-12-10(14)3-2-6-15-12/h2-7H,1H3,(H,15,16,18). The lowest BCUT2D eigenvalue weighted by molar-refractivity contribution is -0.385. The average molecular weight is 336 g/mol. The summed E-state index contributed by atoms with van der Waals surface area (Å²) >= 11 is 3.26. The number of pyridine rings is 1. The molecule has 0 spiro atoms. The molecular formula is C13H10BrN3O3. The predicted molar refractivity (Wildman–Crippen MR) is 77.7 cm³/mol. The van der Waals surface area contributed by atoms with Crippen molar-refractivity contribution in [3.8, 4) is 0 Å². The van der Waals surface area contributed by atoms with Crippen LogP contribution in [0.1, 0.15) is 15.9 Å². The van der Waals surface area contributed by atoms with E-state index < -0.39 is 10.8 Å². The summed E-state index contributed by atoms with van der Waals surface area (Å²) in [6.45, 7) is 1.62. The zero-order valence-corrected chi connectivity index (χ0v) is 12.0. The predicted octanol–water partition coefficient (Wildman–Crippen LogP) is 3.31. The van der Waals surface area contributed by atoms with Gasteiger partial charge in [-0.25, -0.2) is 4.98 Å². The van der Waals surface area contributed by atoms with Gasteiger partial charge in [-0.3, -0.25) is 14.9 Å². The molecule has 0 aliphatic rings. The van der Waals surface area contributed by atoms with Crippen molar-refractivity contribution >= 4 is 33.3 Å². The number of hydrogen-bond donors (Lipinski definition) is 1. The number of nitrogens with zero attached hydrogens (tertiary/aromatic N) is 2. The van der Waals surface area contributed by atoms with Crippen LogP contribution < -0.4 is 5.32 Å². The molecule has 0 radical (unpaired) electrons. The molecule has 0 aliphatic heterocycles. The molecule has 1 N–H and O–H groups in total. The summed E-state index contributed by atoms with van der Waals surface area (Å²) in [4.78, 5) is 26.4. The summed E-state index contributed by atoms with van der Waals surface area (Å²) in [5, 5.41) is 13.5. The van der Waals surface area contributed by atoms with Crippen molar-refractivity contribution in [1.82, 2.24) is 4.98 Å². The van der Waals surface area contributed by atoms with Crippen molar-refractivity contribution in [1.29, 1.82) is 0 Å². The monoisotopic (exact) mass is 335 g/mol. The molecule has 0 saturated carbocycles. The molecule has 0 saturated heterocycles. The van der Waals surface area contributed by atoms with Crippen molar-refractivity contribution in [2.45, 2.75) is 6.92 Å². The van der Waals surface area contributed by atoms with Gasteiger partial charge in [0, 0.05) is 23.4 Å². The highest BCUT2D eigenvalue weighted by atomic mass is 79.9. The fraction of sp³-hybridized carbons (Fsp3) is 0.0769. The Morgan fingerprint density at radius 3 is 2.80 bits per heavy atom. The van der Waals surface area contributed by atoms with E-state index in [0.29, 0.717) is 15.9 Å². The van der Waals surface area contributed by atoms with Crippen LogP contribution in [0.2, 0.25) is 0 Å². The first kappa shape index (κ1) is 14.1. The largest absolute Gasteiger partial charge is 0.306 e. The van der Waals surface area contributed by atoms with Gasteiger partial charge in [-0.2, -0.15) is 0 Å². The van der Waals surface area contributed by atoms with E-state index in [1.165, 1.54) is 18.3 Å². The first-order valence-electron chi connectivity index (χ1n) is 5.66. The Labute approximate surface area is 123 Å². The molecule has 0 aliphatic carbocycles. The molecule has 0 unspecified atom stereocenters. The number of rotatable bonds is 3. The molecule has 6 nitrogen and oxygen atoms in total. The minimum atomic E-state index is -0.511. The lowest BCUT2D eigenvalue weighted by Crippen LogP contribution is -2.13. The fourth-order valence-corrected chi connectivity index (χ4v) is 1.96. The normalized spacial score (nSPS) is 10.1. The maximum Gasteiger partial charge on any atom is 0.273 e. The number of anilines is 1. The van der Waals surface area contributed by atoms with Gasteiger partial charge >= 0.3 is 0 Å². The SMILES string of the molecule is Cc1ccc(C(=O)Nc2ncccc2Br)cc1[N+](=O)[O-]. The highest BCUT2D eigenvalue weighted by molar-refractivity contribution is 9.10. The highest BCUT2D eigenvalue weighted by Crippen LogP contribution is 2.22. The van der Waals surface area contributed by atoms with E-state index in [9.17, 15) is 14.9 Å². The number of nitro benzene ring substituents is 1. The quantitative estimate of drug-likeness (QED) is 0.688. The van der Waals surface area contributed by atoms with Gasteiger partial charge in [-0.05, 0) is 41.1 Å². The Kier molecular flexibility index (Phi) is 4.09. The van der Waals surface area contributed by atoms with Crippen LogP contribution in [-0.2, 0) is 0 Å². The molecule has 102 valence electrons. The molecule has 2 rings (SSSR count). The second kappa shape index (κ2) is 5.79. The number of halogens is 1. The lowest BCUT2D eigenvalue weighted by atomic mass is 10.1. The molecule has 2 aromatic rings. The Morgan fingerprint density at radius 2 is 2.15 bits per heavy atom. The van der Waals surface area contributed by atoms with Crippen LogP contribution in [0.25, 0.3) is 0 Å². The fourth-order valence-electron chi connectivity index (χ4n) is 1.60. The van der Waals surface area contributed by atoms with E-state index in [0.717, 1.165) is 0 Å². The van der Waals surface area contributed by atoms with Crippen LogP contribution in [-0.4, -0.2) is 15.8 Å². The van der Waals surface area contributed by atoms with E-state index in [2.05, 4.69) is 26.2 Å². The van der Waals surface area contributed by atoms with Crippen molar-refractivity contribution in [3.63, 3.8) is 0 Å². The smallest absolute Gasteiger partial charge is 0.273 e. The second-order valence-electron chi connectivity index (χ2n) is 4.05. The number of aryl methyl sites for hydroxylation is 1. The number of nitro groups is 1. The van der Waals surface area contributed by atoms with Crippen molar-refractivity contribution < 1.29 is 9.72 Å². The minimum Gasteiger partial charge on any atom is -0.306 e. The summed E-state index contributed by atoms with van der Waals surface area (Å²) < 4.78 is 0.634. The number of carbonyl (C=O) groups is 1. The first-order valence-corrected chi connectivity index (χ1v) is 6.45. The van der Waals surface area contributed by atoms with Crippen LogP contribution in [0.5, 0.6) is 0 Å². The van der Waals surface area contributed by atoms with Crippen LogP contribution >= 0.6 is 15.9 Å². The molecule has 20 heavy (non-hydrogen) atoms. The Balaban J connectivity index is 2.28. The number of amides is 1. The zero-order valence-electron chi connectivity index (χ0n) is 10.5. The molecule has 0 bridgehead atoms. The third kappa shape index (κ3) is 3.00. The molecule has 1 aromatic heterocycles. The summed E-state index contributed by atoms with van der Waals surface area (Å²) in [5.41, 5.74) is 0.628. The van der Waals surface area contributed by atoms with E-state index in [4.69, 9.17) is 0 Å². The van der Waals surface area contributed by atoms with Gasteiger partial charge in [-0.15, -0.1) is 0 Å². The zero-order chi connectivity index (χ0) is 14.7. The third-order valence-corrected chi connectivity index (χ3v) is 3.30. The molecule has 7 heteroatoms. The summed E-state index contributed by atoms with van der Waals surface area (Å²) in [6, 6.07) is 7.78. The van der Waals surface area contributed by atoms with E-state index in [-0.39, 0.29) is 11.3 Å². The van der Waals surface area contributed by atoms with Crippen LogP contribution in [0.15, 0.2) is 41.0 Å². The van der Waals surface area contributed by atoms with Crippen molar-refractivity contribution in [2.24, 2.45) is 0 Å². The average Bonchev–Trinajstić information content (AvgIpc) is 2.41. The topological polar surface area (TPSA) is 85.1 Å². The maximum atomic E-state index is 12.1. The Bertz CT molecular complexity index is 688. The number of nitrogens with one attached hydrogen (secondary N) is 1. The number of hydrogen-bond acceptors (Lipinski definition) is 4. The van der Waals surface area contributed by atoms with Gasteiger partial charge in [0.2, 0.25) is 0 Å². The molecule has 0 atom stereocenters. The first-order chi connectivity index (χ1) is 9.49. The van der Waals surface area contributed by atoms with Gasteiger partial charge < -0.3 is 5.32 Å². The van der Waals surface area contributed by atoms with Gasteiger partial charge in [0.25, 0.3) is 11.6 Å². The highest BCUT2D eigenvalue weighted by Gasteiger charge is 2.15. The van der Waals surface area contributed by atoms with Gasteiger partial charge in [-0.1, -0.05) is 6.07 Å². The number of aromatic nitrogens is 1. The van der Waals surface area contributed by atoms with Crippen molar-refractivity contribution in [2.75, 3.05) is 5.32 Å². The maximum absolute atomic E-state index is 12.1. The summed E-state index contributed by atoms with van der Waals surface area (Å²) in [7, 11) is 0. The Hall–Kier alpha value is -2.28. The summed E-state index contributed by atoms with van der Waals surface area (Å²) in [6.07, 6.45) is 1.54. The van der Waals surface area contributed by atoms with E-state index >= 15 is 0 Å². The minimum absolute atomic E-state index is 0.0854. The van der Waals surface area contributed by atoms with E-state index in [1.54, 1.807) is 25.1 Å². The molecule has 0 fully saturated rings. The van der Waals surface area contributed by atoms with Crippen LogP contribution in [0, 0.1) is 17.0 Å². The van der Waals surface area contributed by atoms with Gasteiger partial charge in [0.05, 0.1) is 9.40 Å². The van der Waals surface area contributed by atoms with Gasteiger partial charge in [0.1, 0.15) is 5.82 Å². The Morgan fingerprint density at radius 1 is 1.40 bits per heavy atom. The second-order valence-corrected chi connectivity index (χ2v) is 4.90. The number of benzene rings is 1. The van der Waals surface area contributed by atoms with Crippen LogP contribution in [0.3, 0.4) is 0 Å². The molecular weight excluding hydrogens is 326 g/mol. The van der Waals surface area contributed by atoms with Crippen LogP contribution in [0.4, 0.5) is 11.5 Å². The number of carbonyl (C=O) groups excluding carboxylic acids is 1. The van der Waals surface area contributed by atoms with Crippen molar-refractivity contribution in [3.05, 3.63) is 62.2 Å². The third-order valence-electron chi connectivity index (χ3n) is 2.66. The van der Waals surface area contributed by atoms with E-state index in [1.807, 2.05) is 0 Å². The molecule has 1 aromatic carbocycles. The molecule has 1 amide bonds.